The molecule has 0 unspecified atom stereocenters. The fourth-order valence-electron chi connectivity index (χ4n) is 1.69. The zero-order valence-electron chi connectivity index (χ0n) is 8.74. The van der Waals surface area contributed by atoms with E-state index in [-0.39, 0.29) is 11.1 Å². The Hall–Kier alpha value is -0.910. The van der Waals surface area contributed by atoms with Crippen LogP contribution in [0.3, 0.4) is 0 Å². The molecule has 15 heavy (non-hydrogen) atoms. The average Bonchev–Trinajstić information content (AvgIpc) is 2.27. The van der Waals surface area contributed by atoms with E-state index in [1.807, 2.05) is 0 Å². The summed E-state index contributed by atoms with van der Waals surface area (Å²) < 4.78 is 0. The summed E-state index contributed by atoms with van der Waals surface area (Å²) in [6, 6.07) is 0.350. The summed E-state index contributed by atoms with van der Waals surface area (Å²) in [7, 11) is 0. The molecule has 1 aliphatic carbocycles. The lowest BCUT2D eigenvalue weighted by Crippen LogP contribution is -2.37. The molecule has 1 amide bonds. The fraction of sp³-hybridized carbons (Fsp3) is 0.778. The largest absolute Gasteiger partial charge is 0.377 e. The standard InChI is InChI=1S/C9H18N4OS/c10-9(13-11)15-6-8(14)12-7-4-2-1-3-5-7/h7H,1-6,11H2,(H2,10,13)(H,12,14). The Labute approximate surface area is 94.0 Å². The molecule has 0 radical (unpaired) electrons. The first-order valence-electron chi connectivity index (χ1n) is 5.18. The van der Waals surface area contributed by atoms with Gasteiger partial charge in [-0.2, -0.15) is 5.10 Å². The van der Waals surface area contributed by atoms with Crippen molar-refractivity contribution in [3.05, 3.63) is 0 Å². The number of hydrazone groups is 1. The molecule has 86 valence electrons. The topological polar surface area (TPSA) is 93.5 Å². The number of thioether (sulfide) groups is 1. The summed E-state index contributed by atoms with van der Waals surface area (Å²) >= 11 is 1.16. The highest BCUT2D eigenvalue weighted by atomic mass is 32.2. The zero-order chi connectivity index (χ0) is 11.1. The van der Waals surface area contributed by atoms with Crippen LogP contribution in [0.25, 0.3) is 0 Å². The third-order valence-corrected chi connectivity index (χ3v) is 3.26. The van der Waals surface area contributed by atoms with Crippen molar-refractivity contribution in [2.24, 2.45) is 16.7 Å². The molecular weight excluding hydrogens is 212 g/mol. The average molecular weight is 230 g/mol. The van der Waals surface area contributed by atoms with Crippen LogP contribution in [0.15, 0.2) is 5.10 Å². The van der Waals surface area contributed by atoms with Crippen LogP contribution < -0.4 is 16.9 Å². The molecule has 1 fully saturated rings. The first kappa shape index (κ1) is 12.2. The maximum atomic E-state index is 11.4. The molecule has 0 aromatic carbocycles. The zero-order valence-corrected chi connectivity index (χ0v) is 9.55. The van der Waals surface area contributed by atoms with Gasteiger partial charge in [0.2, 0.25) is 5.91 Å². The molecule has 0 spiro atoms. The number of amides is 1. The second-order valence-electron chi connectivity index (χ2n) is 3.66. The summed E-state index contributed by atoms with van der Waals surface area (Å²) in [5.74, 6) is 5.26. The van der Waals surface area contributed by atoms with Gasteiger partial charge >= 0.3 is 0 Å². The smallest absolute Gasteiger partial charge is 0.230 e. The molecule has 1 rings (SSSR count). The van der Waals surface area contributed by atoms with E-state index in [9.17, 15) is 4.79 Å². The van der Waals surface area contributed by atoms with Gasteiger partial charge in [-0.25, -0.2) is 0 Å². The summed E-state index contributed by atoms with van der Waals surface area (Å²) in [5.41, 5.74) is 5.36. The highest BCUT2D eigenvalue weighted by Gasteiger charge is 2.15. The monoisotopic (exact) mass is 230 g/mol. The van der Waals surface area contributed by atoms with Gasteiger partial charge in [-0.3, -0.25) is 4.79 Å². The minimum absolute atomic E-state index is 0.0125. The van der Waals surface area contributed by atoms with E-state index in [1.54, 1.807) is 0 Å². The number of carbonyl (C=O) groups is 1. The van der Waals surface area contributed by atoms with Crippen molar-refractivity contribution < 1.29 is 4.79 Å². The molecular formula is C9H18N4OS. The quantitative estimate of drug-likeness (QED) is 0.282. The molecule has 6 heteroatoms. The molecule has 1 saturated carbocycles. The minimum atomic E-state index is 0.0125. The molecule has 0 atom stereocenters. The van der Waals surface area contributed by atoms with Crippen LogP contribution >= 0.6 is 11.8 Å². The van der Waals surface area contributed by atoms with E-state index in [0.717, 1.165) is 24.6 Å². The van der Waals surface area contributed by atoms with E-state index in [2.05, 4.69) is 10.4 Å². The van der Waals surface area contributed by atoms with E-state index >= 15 is 0 Å². The Kier molecular flexibility index (Phi) is 5.31. The third-order valence-electron chi connectivity index (χ3n) is 2.45. The fourth-order valence-corrected chi connectivity index (χ4v) is 2.13. The van der Waals surface area contributed by atoms with Crippen LogP contribution in [0.1, 0.15) is 32.1 Å². The summed E-state index contributed by atoms with van der Waals surface area (Å²) in [5, 5.41) is 6.52. The van der Waals surface area contributed by atoms with E-state index in [0.29, 0.717) is 11.8 Å². The summed E-state index contributed by atoms with van der Waals surface area (Å²) in [4.78, 5) is 11.4. The lowest BCUT2D eigenvalue weighted by Gasteiger charge is -2.22. The normalized spacial score (nSPS) is 18.8. The van der Waals surface area contributed by atoms with Crippen molar-refractivity contribution in [3.63, 3.8) is 0 Å². The second kappa shape index (κ2) is 6.55. The molecule has 0 heterocycles. The molecule has 0 bridgehead atoms. The van der Waals surface area contributed by atoms with Crippen LogP contribution in [-0.4, -0.2) is 22.9 Å². The van der Waals surface area contributed by atoms with Gasteiger partial charge in [0, 0.05) is 6.04 Å². The van der Waals surface area contributed by atoms with Gasteiger partial charge in [-0.15, -0.1) is 0 Å². The number of carbonyl (C=O) groups excluding carboxylic acids is 1. The van der Waals surface area contributed by atoms with E-state index < -0.39 is 0 Å². The number of nitrogens with one attached hydrogen (secondary N) is 1. The van der Waals surface area contributed by atoms with Crippen LogP contribution in [-0.2, 0) is 4.79 Å². The van der Waals surface area contributed by atoms with Crippen molar-refractivity contribution in [3.8, 4) is 0 Å². The lowest BCUT2D eigenvalue weighted by atomic mass is 9.95. The first-order valence-corrected chi connectivity index (χ1v) is 6.16. The number of rotatable bonds is 3. The molecule has 0 aliphatic heterocycles. The summed E-state index contributed by atoms with van der Waals surface area (Å²) in [6.45, 7) is 0. The van der Waals surface area contributed by atoms with Crippen molar-refractivity contribution in [1.29, 1.82) is 0 Å². The van der Waals surface area contributed by atoms with E-state index in [4.69, 9.17) is 11.6 Å². The Morgan fingerprint density at radius 1 is 1.40 bits per heavy atom. The van der Waals surface area contributed by atoms with Crippen molar-refractivity contribution >= 4 is 22.8 Å². The third kappa shape index (κ3) is 4.92. The second-order valence-corrected chi connectivity index (χ2v) is 4.65. The summed E-state index contributed by atoms with van der Waals surface area (Å²) in [6.07, 6.45) is 5.90. The number of nitrogens with two attached hydrogens (primary N) is 2. The van der Waals surface area contributed by atoms with Crippen molar-refractivity contribution in [1.82, 2.24) is 5.32 Å². The van der Waals surface area contributed by atoms with Gasteiger partial charge in [0.15, 0.2) is 5.17 Å². The molecule has 5 N–H and O–H groups in total. The Balaban J connectivity index is 2.17. The number of nitrogens with zero attached hydrogens (tertiary/aromatic N) is 1. The van der Waals surface area contributed by atoms with Crippen LogP contribution in [0.2, 0.25) is 0 Å². The van der Waals surface area contributed by atoms with Crippen LogP contribution in [0.4, 0.5) is 0 Å². The van der Waals surface area contributed by atoms with Gasteiger partial charge in [-0.05, 0) is 12.8 Å². The van der Waals surface area contributed by atoms with Gasteiger partial charge in [0.1, 0.15) is 0 Å². The number of amidine groups is 1. The van der Waals surface area contributed by atoms with E-state index in [1.165, 1.54) is 19.3 Å². The predicted molar refractivity (Wildman–Crippen MR) is 63.3 cm³/mol. The molecule has 0 saturated heterocycles. The molecule has 5 nitrogen and oxygen atoms in total. The highest BCUT2D eigenvalue weighted by Crippen LogP contribution is 2.17. The maximum Gasteiger partial charge on any atom is 0.230 e. The Bertz CT molecular complexity index is 238. The van der Waals surface area contributed by atoms with Crippen molar-refractivity contribution in [2.75, 3.05) is 5.75 Å². The predicted octanol–water partition coefficient (Wildman–Crippen LogP) is 0.357. The van der Waals surface area contributed by atoms with Gasteiger partial charge in [-0.1, -0.05) is 31.0 Å². The Morgan fingerprint density at radius 3 is 2.67 bits per heavy atom. The van der Waals surface area contributed by atoms with Crippen LogP contribution in [0, 0.1) is 0 Å². The lowest BCUT2D eigenvalue weighted by molar-refractivity contribution is -0.119. The minimum Gasteiger partial charge on any atom is -0.377 e. The highest BCUT2D eigenvalue weighted by molar-refractivity contribution is 8.14. The number of hydrogen-bond donors (Lipinski definition) is 3. The van der Waals surface area contributed by atoms with Gasteiger partial charge in [0.05, 0.1) is 5.75 Å². The van der Waals surface area contributed by atoms with Crippen molar-refractivity contribution in [2.45, 2.75) is 38.1 Å². The first-order chi connectivity index (χ1) is 7.22. The van der Waals surface area contributed by atoms with Gasteiger partial charge in [0.25, 0.3) is 0 Å². The SMILES string of the molecule is NN=C(N)SCC(=O)NC1CCCCC1. The van der Waals surface area contributed by atoms with Gasteiger partial charge < -0.3 is 16.9 Å². The number of hydrogen-bond acceptors (Lipinski definition) is 4. The molecule has 0 aromatic rings. The molecule has 0 aromatic heterocycles. The maximum absolute atomic E-state index is 11.4. The van der Waals surface area contributed by atoms with Crippen LogP contribution in [0.5, 0.6) is 0 Å². The Morgan fingerprint density at radius 2 is 2.07 bits per heavy atom. The molecule has 1 aliphatic rings.